The number of rotatable bonds is 9. The van der Waals surface area contributed by atoms with Gasteiger partial charge in [0.2, 0.25) is 0 Å². The number of anilines is 1. The summed E-state index contributed by atoms with van der Waals surface area (Å²) in [5.41, 5.74) is 1.45. The average molecular weight is 576 g/mol. The number of nitrogens with zero attached hydrogens (tertiary/aromatic N) is 3. The van der Waals surface area contributed by atoms with Crippen LogP contribution in [0.4, 0.5) is 5.69 Å². The van der Waals surface area contributed by atoms with Crippen LogP contribution in [0.5, 0.6) is 0 Å². The van der Waals surface area contributed by atoms with Crippen LogP contribution in [0, 0.1) is 35.0 Å². The number of carbonyl (C=O) groups is 1. The van der Waals surface area contributed by atoms with Crippen LogP contribution < -0.4 is 4.90 Å². The predicted molar refractivity (Wildman–Crippen MR) is 158 cm³/mol. The molecular weight excluding hydrogens is 534 g/mol. The zero-order valence-electron chi connectivity index (χ0n) is 24.0. The topological polar surface area (TPSA) is 90.7 Å². The van der Waals surface area contributed by atoms with Crippen molar-refractivity contribution in [1.29, 1.82) is 5.26 Å². The second-order valence-corrected chi connectivity index (χ2v) is 14.8. The molecular formula is C33H41N3O4S. The maximum absolute atomic E-state index is 12.8. The maximum atomic E-state index is 12.8. The molecule has 2 aliphatic carbocycles. The minimum Gasteiger partial charge on any atom is -0.469 e. The van der Waals surface area contributed by atoms with E-state index in [1.807, 2.05) is 30.3 Å². The van der Waals surface area contributed by atoms with Gasteiger partial charge in [0.25, 0.3) is 0 Å². The first-order valence-electron chi connectivity index (χ1n) is 15.2. The third-order valence-electron chi connectivity index (χ3n) is 10.2. The highest BCUT2D eigenvalue weighted by Gasteiger charge is 2.54. The zero-order chi connectivity index (χ0) is 28.6. The van der Waals surface area contributed by atoms with Crippen molar-refractivity contribution < 1.29 is 17.9 Å². The quantitative estimate of drug-likeness (QED) is 0.396. The normalized spacial score (nSPS) is 25.7. The van der Waals surface area contributed by atoms with E-state index in [2.05, 4.69) is 28.0 Å². The van der Waals surface area contributed by atoms with Gasteiger partial charge in [0.1, 0.15) is 0 Å². The van der Waals surface area contributed by atoms with Gasteiger partial charge in [-0.1, -0.05) is 36.8 Å². The van der Waals surface area contributed by atoms with Crippen molar-refractivity contribution in [1.82, 2.24) is 4.90 Å². The number of carbonyl (C=O) groups excluding carboxylic acids is 1. The van der Waals surface area contributed by atoms with E-state index < -0.39 is 15.3 Å². The summed E-state index contributed by atoms with van der Waals surface area (Å²) in [7, 11) is -1.68. The van der Waals surface area contributed by atoms with Crippen LogP contribution in [0.3, 0.4) is 0 Å². The molecule has 0 radical (unpaired) electrons. The Morgan fingerprint density at radius 3 is 2.27 bits per heavy atom. The highest BCUT2D eigenvalue weighted by atomic mass is 32.2. The smallest absolute Gasteiger partial charge is 0.309 e. The van der Waals surface area contributed by atoms with Gasteiger partial charge in [-0.15, -0.1) is 0 Å². The molecule has 0 spiro atoms. The first-order chi connectivity index (χ1) is 19.9. The van der Waals surface area contributed by atoms with E-state index in [0.29, 0.717) is 10.8 Å². The molecule has 41 heavy (non-hydrogen) atoms. The maximum Gasteiger partial charge on any atom is 0.309 e. The second kappa shape index (κ2) is 11.4. The molecule has 0 aromatic heterocycles. The molecule has 0 bridgehead atoms. The molecule has 3 atom stereocenters. The van der Waals surface area contributed by atoms with E-state index in [4.69, 9.17) is 4.74 Å². The molecule has 4 aliphatic rings. The van der Waals surface area contributed by atoms with Gasteiger partial charge in [0.05, 0.1) is 34.7 Å². The molecule has 2 aromatic carbocycles. The summed E-state index contributed by atoms with van der Waals surface area (Å²) in [5, 5.41) is 10.7. The molecule has 2 aliphatic heterocycles. The molecule has 0 amide bonds. The Morgan fingerprint density at radius 1 is 0.976 bits per heavy atom. The van der Waals surface area contributed by atoms with Crippen LogP contribution in [0.15, 0.2) is 59.5 Å². The lowest BCUT2D eigenvalue weighted by atomic mass is 9.58. The Bertz CT molecular complexity index is 1370. The molecule has 218 valence electrons. The third kappa shape index (κ3) is 5.28. The number of sulfone groups is 1. The van der Waals surface area contributed by atoms with Crippen molar-refractivity contribution in [3.63, 3.8) is 0 Å². The minimum absolute atomic E-state index is 0.0234. The number of esters is 1. The van der Waals surface area contributed by atoms with Crippen molar-refractivity contribution in [3.8, 4) is 6.07 Å². The largest absolute Gasteiger partial charge is 0.469 e. The van der Waals surface area contributed by atoms with E-state index in [9.17, 15) is 18.5 Å². The Morgan fingerprint density at radius 2 is 1.66 bits per heavy atom. The third-order valence-corrected chi connectivity index (χ3v) is 12.5. The molecule has 0 N–H and O–H groups in total. The van der Waals surface area contributed by atoms with Crippen LogP contribution >= 0.6 is 0 Å². The lowest BCUT2D eigenvalue weighted by Crippen LogP contribution is -2.54. The lowest BCUT2D eigenvalue weighted by Gasteiger charge is -2.48. The van der Waals surface area contributed by atoms with Gasteiger partial charge in [-0.3, -0.25) is 4.79 Å². The molecule has 2 heterocycles. The van der Waals surface area contributed by atoms with Crippen molar-refractivity contribution in [2.75, 3.05) is 44.7 Å². The van der Waals surface area contributed by atoms with Crippen LogP contribution in [0.2, 0.25) is 0 Å². The zero-order valence-corrected chi connectivity index (χ0v) is 24.8. The molecule has 1 unspecified atom stereocenters. The van der Waals surface area contributed by atoms with E-state index in [-0.39, 0.29) is 29.0 Å². The van der Waals surface area contributed by atoms with Crippen molar-refractivity contribution >= 4 is 21.5 Å². The van der Waals surface area contributed by atoms with Crippen LogP contribution in [-0.2, 0) is 24.8 Å². The van der Waals surface area contributed by atoms with Gasteiger partial charge in [-0.2, -0.15) is 5.26 Å². The molecule has 8 heteroatoms. The standard InChI is InChI=1S/C33H41N3O4S/c1-40-32(37)30-8-5-9-31(30)33(23-34,25-6-3-2-4-7-25)26-16-18-35(19-17-26)20-24-21-36(22-24)27-10-12-28(13-11-27)41(38,39)29-14-15-29/h2-4,6-7,10-13,24,26,29-31H,5,8-9,14-22H2,1H3/t30-,31-,33?/m0/s1. The SMILES string of the molecule is COC(=O)[C@H]1CCC[C@@H]1C(C#N)(c1ccccc1)C1CCN(CC2CN(c3ccc(S(=O)(=O)C4CC4)cc3)C2)CC1. The van der Waals surface area contributed by atoms with Gasteiger partial charge >= 0.3 is 5.97 Å². The molecule has 2 aromatic rings. The molecule has 2 saturated heterocycles. The fourth-order valence-corrected chi connectivity index (χ4v) is 9.55. The average Bonchev–Trinajstić information content (AvgIpc) is 3.75. The predicted octanol–water partition coefficient (Wildman–Crippen LogP) is 4.82. The van der Waals surface area contributed by atoms with Crippen LogP contribution in [-0.4, -0.2) is 64.4 Å². The van der Waals surface area contributed by atoms with E-state index in [1.54, 1.807) is 12.1 Å². The summed E-state index contributed by atoms with van der Waals surface area (Å²) in [6.45, 7) is 4.91. The fraction of sp³-hybridized carbons (Fsp3) is 0.576. The summed E-state index contributed by atoms with van der Waals surface area (Å²) in [6, 6.07) is 20.4. The van der Waals surface area contributed by atoms with E-state index in [0.717, 1.165) is 88.9 Å². The highest BCUT2D eigenvalue weighted by molar-refractivity contribution is 7.92. The van der Waals surface area contributed by atoms with Crippen molar-refractivity contribution in [3.05, 3.63) is 60.2 Å². The summed E-state index contributed by atoms with van der Waals surface area (Å²) < 4.78 is 30.2. The number of hydrogen-bond donors (Lipinski definition) is 0. The van der Waals surface area contributed by atoms with Gasteiger partial charge in [0.15, 0.2) is 9.84 Å². The number of hydrogen-bond acceptors (Lipinski definition) is 7. The lowest BCUT2D eigenvalue weighted by molar-refractivity contribution is -0.147. The molecule has 7 nitrogen and oxygen atoms in total. The first kappa shape index (κ1) is 28.2. The number of likely N-dealkylation sites (tertiary alicyclic amines) is 1. The number of benzene rings is 2. The summed E-state index contributed by atoms with van der Waals surface area (Å²) in [4.78, 5) is 18.1. The summed E-state index contributed by atoms with van der Waals surface area (Å²) in [5.74, 6) is 0.361. The fourth-order valence-electron chi connectivity index (χ4n) is 7.89. The molecule has 6 rings (SSSR count). The van der Waals surface area contributed by atoms with Crippen molar-refractivity contribution in [2.24, 2.45) is 23.7 Å². The number of ether oxygens (including phenoxy) is 1. The first-order valence-corrected chi connectivity index (χ1v) is 16.8. The van der Waals surface area contributed by atoms with E-state index in [1.165, 1.54) is 7.11 Å². The monoisotopic (exact) mass is 575 g/mol. The number of nitriles is 1. The highest BCUT2D eigenvalue weighted by Crippen LogP contribution is 2.52. The van der Waals surface area contributed by atoms with Crippen LogP contribution in [0.1, 0.15) is 50.5 Å². The molecule has 4 fully saturated rings. The Kier molecular flexibility index (Phi) is 7.86. The van der Waals surface area contributed by atoms with Gasteiger partial charge < -0.3 is 14.5 Å². The van der Waals surface area contributed by atoms with Gasteiger partial charge in [-0.25, -0.2) is 8.42 Å². The van der Waals surface area contributed by atoms with Gasteiger partial charge in [-0.05, 0) is 93.3 Å². The molecule has 2 saturated carbocycles. The number of piperidine rings is 1. The Labute approximate surface area is 244 Å². The second-order valence-electron chi connectivity index (χ2n) is 12.6. The summed E-state index contributed by atoms with van der Waals surface area (Å²) in [6.07, 6.45) is 6.09. The summed E-state index contributed by atoms with van der Waals surface area (Å²) >= 11 is 0. The Balaban J connectivity index is 1.08. The van der Waals surface area contributed by atoms with Crippen molar-refractivity contribution in [2.45, 2.75) is 60.5 Å². The van der Waals surface area contributed by atoms with Crippen LogP contribution in [0.25, 0.3) is 0 Å². The Hall–Kier alpha value is -2.89. The minimum atomic E-state index is -3.14. The van der Waals surface area contributed by atoms with E-state index >= 15 is 0 Å². The number of methoxy groups -OCH3 is 1. The van der Waals surface area contributed by atoms with Gasteiger partial charge in [0, 0.05) is 31.2 Å².